The highest BCUT2D eigenvalue weighted by Crippen LogP contribution is 2.36. The molecule has 0 spiro atoms. The topological polar surface area (TPSA) is 58.6 Å². The Morgan fingerprint density at radius 2 is 1.80 bits per heavy atom. The minimum Gasteiger partial charge on any atom is -0.508 e. The number of ketones is 1. The maximum atomic E-state index is 12.4. The molecule has 0 aliphatic heterocycles. The molecule has 25 heavy (non-hydrogen) atoms. The van der Waals surface area contributed by atoms with E-state index >= 15 is 0 Å². The van der Waals surface area contributed by atoms with E-state index in [1.807, 2.05) is 46.0 Å². The van der Waals surface area contributed by atoms with Gasteiger partial charge in [0, 0.05) is 35.5 Å². The molecule has 4 heteroatoms. The number of carbonyl (C=O) groups is 1. The first-order valence-corrected chi connectivity index (χ1v) is 8.18. The molecule has 2 N–H and O–H groups in total. The number of benzene rings is 2. The molecule has 2 aromatic rings. The molecule has 0 aliphatic rings. The highest BCUT2D eigenvalue weighted by molar-refractivity contribution is 6.07. The van der Waals surface area contributed by atoms with Crippen molar-refractivity contribution in [3.8, 4) is 11.5 Å². The van der Waals surface area contributed by atoms with Crippen molar-refractivity contribution in [3.63, 3.8) is 0 Å². The Labute approximate surface area is 149 Å². The SMILES string of the molecule is CNc1ccc(C(=O)/C=C/c2cc(C(C)(C)C)c(O)cc2OC)cc1. The second-order valence-corrected chi connectivity index (χ2v) is 6.89. The molecule has 0 amide bonds. The summed E-state index contributed by atoms with van der Waals surface area (Å²) in [7, 11) is 3.38. The van der Waals surface area contributed by atoms with Crippen LogP contribution in [-0.4, -0.2) is 25.0 Å². The van der Waals surface area contributed by atoms with Gasteiger partial charge in [0.1, 0.15) is 11.5 Å². The van der Waals surface area contributed by atoms with Gasteiger partial charge in [-0.3, -0.25) is 4.79 Å². The van der Waals surface area contributed by atoms with Gasteiger partial charge in [0.25, 0.3) is 0 Å². The summed E-state index contributed by atoms with van der Waals surface area (Å²) in [5, 5.41) is 13.2. The molecule has 2 aromatic carbocycles. The number of aromatic hydroxyl groups is 1. The molecular formula is C21H25NO3. The van der Waals surface area contributed by atoms with E-state index in [2.05, 4.69) is 5.32 Å². The van der Waals surface area contributed by atoms with E-state index in [9.17, 15) is 9.90 Å². The third-order valence-electron chi connectivity index (χ3n) is 4.03. The Bertz CT molecular complexity index is 784. The summed E-state index contributed by atoms with van der Waals surface area (Å²) in [6.45, 7) is 6.07. The normalized spacial score (nSPS) is 11.6. The van der Waals surface area contributed by atoms with E-state index in [1.165, 1.54) is 6.08 Å². The predicted octanol–water partition coefficient (Wildman–Crippen LogP) is 4.64. The molecule has 0 fully saturated rings. The monoisotopic (exact) mass is 339 g/mol. The molecule has 0 bridgehead atoms. The van der Waals surface area contributed by atoms with Gasteiger partial charge in [-0.05, 0) is 47.9 Å². The third kappa shape index (κ3) is 4.41. The Balaban J connectivity index is 2.34. The Morgan fingerprint density at radius 3 is 2.32 bits per heavy atom. The molecule has 0 atom stereocenters. The zero-order valence-electron chi connectivity index (χ0n) is 15.4. The lowest BCUT2D eigenvalue weighted by atomic mass is 9.85. The van der Waals surface area contributed by atoms with Crippen LogP contribution >= 0.6 is 0 Å². The number of anilines is 1. The van der Waals surface area contributed by atoms with Crippen LogP contribution in [0.5, 0.6) is 11.5 Å². The number of carbonyl (C=O) groups excluding carboxylic acids is 1. The van der Waals surface area contributed by atoms with Crippen LogP contribution in [-0.2, 0) is 5.41 Å². The summed E-state index contributed by atoms with van der Waals surface area (Å²) in [5.74, 6) is 0.630. The van der Waals surface area contributed by atoms with E-state index in [-0.39, 0.29) is 16.9 Å². The first kappa shape index (κ1) is 18.6. The average Bonchev–Trinajstić information content (AvgIpc) is 2.59. The summed E-state index contributed by atoms with van der Waals surface area (Å²) in [4.78, 5) is 12.4. The van der Waals surface area contributed by atoms with E-state index in [4.69, 9.17) is 4.74 Å². The minimum atomic E-state index is -0.216. The number of nitrogens with one attached hydrogen (secondary N) is 1. The first-order chi connectivity index (χ1) is 11.8. The van der Waals surface area contributed by atoms with E-state index in [1.54, 1.807) is 31.4 Å². The van der Waals surface area contributed by atoms with Gasteiger partial charge in [-0.15, -0.1) is 0 Å². The van der Waals surface area contributed by atoms with Crippen molar-refractivity contribution in [2.24, 2.45) is 0 Å². The van der Waals surface area contributed by atoms with Crippen LogP contribution < -0.4 is 10.1 Å². The summed E-state index contributed by atoms with van der Waals surface area (Å²) in [6.07, 6.45) is 3.25. The van der Waals surface area contributed by atoms with Crippen molar-refractivity contribution >= 4 is 17.5 Å². The van der Waals surface area contributed by atoms with Crippen molar-refractivity contribution in [3.05, 3.63) is 59.2 Å². The van der Waals surface area contributed by atoms with Crippen LogP contribution in [0.2, 0.25) is 0 Å². The number of rotatable bonds is 5. The van der Waals surface area contributed by atoms with Crippen molar-refractivity contribution in [1.29, 1.82) is 0 Å². The number of phenolic OH excluding ortho intramolecular Hbond substituents is 1. The maximum Gasteiger partial charge on any atom is 0.185 e. The molecule has 0 saturated carbocycles. The van der Waals surface area contributed by atoms with Crippen molar-refractivity contribution in [2.75, 3.05) is 19.5 Å². The van der Waals surface area contributed by atoms with Crippen molar-refractivity contribution in [2.45, 2.75) is 26.2 Å². The van der Waals surface area contributed by atoms with Crippen LogP contribution in [0.1, 0.15) is 42.3 Å². The zero-order valence-corrected chi connectivity index (χ0v) is 15.4. The quantitative estimate of drug-likeness (QED) is 0.615. The number of allylic oxidation sites excluding steroid dienone is 1. The smallest absolute Gasteiger partial charge is 0.185 e. The summed E-state index contributed by atoms with van der Waals surface area (Å²) in [5.41, 5.74) is 2.91. The van der Waals surface area contributed by atoms with Crippen LogP contribution in [0.15, 0.2) is 42.5 Å². The second-order valence-electron chi connectivity index (χ2n) is 6.89. The average molecular weight is 339 g/mol. The second kappa shape index (κ2) is 7.43. The number of hydrogen-bond acceptors (Lipinski definition) is 4. The lowest BCUT2D eigenvalue weighted by Gasteiger charge is -2.22. The molecule has 0 unspecified atom stereocenters. The van der Waals surface area contributed by atoms with Crippen molar-refractivity contribution < 1.29 is 14.6 Å². The van der Waals surface area contributed by atoms with Crippen LogP contribution in [0, 0.1) is 0 Å². The van der Waals surface area contributed by atoms with E-state index in [0.29, 0.717) is 11.3 Å². The van der Waals surface area contributed by atoms with E-state index in [0.717, 1.165) is 16.8 Å². The lowest BCUT2D eigenvalue weighted by molar-refractivity contribution is 0.104. The molecule has 0 aromatic heterocycles. The fraction of sp³-hybridized carbons (Fsp3) is 0.286. The molecule has 0 aliphatic carbocycles. The molecular weight excluding hydrogens is 314 g/mol. The van der Waals surface area contributed by atoms with Crippen LogP contribution in [0.25, 0.3) is 6.08 Å². The fourth-order valence-electron chi connectivity index (χ4n) is 2.56. The minimum absolute atomic E-state index is 0.0879. The Hall–Kier alpha value is -2.75. The largest absolute Gasteiger partial charge is 0.508 e. The number of phenols is 1. The van der Waals surface area contributed by atoms with Gasteiger partial charge in [0.05, 0.1) is 7.11 Å². The molecule has 2 rings (SSSR count). The highest BCUT2D eigenvalue weighted by atomic mass is 16.5. The standard InChI is InChI=1S/C21H25NO3/c1-21(2,3)17-12-15(20(25-5)13-19(17)24)8-11-18(23)14-6-9-16(22-4)10-7-14/h6-13,22,24H,1-5H3/b11-8+. The Kier molecular flexibility index (Phi) is 5.52. The molecule has 0 saturated heterocycles. The van der Waals surface area contributed by atoms with Crippen LogP contribution in [0.4, 0.5) is 5.69 Å². The van der Waals surface area contributed by atoms with Gasteiger partial charge in [-0.1, -0.05) is 20.8 Å². The lowest BCUT2D eigenvalue weighted by Crippen LogP contribution is -2.11. The van der Waals surface area contributed by atoms with Gasteiger partial charge >= 0.3 is 0 Å². The van der Waals surface area contributed by atoms with Gasteiger partial charge in [-0.2, -0.15) is 0 Å². The third-order valence-corrected chi connectivity index (χ3v) is 4.03. The highest BCUT2D eigenvalue weighted by Gasteiger charge is 2.20. The van der Waals surface area contributed by atoms with Gasteiger partial charge in [0.2, 0.25) is 0 Å². The van der Waals surface area contributed by atoms with Gasteiger partial charge in [-0.25, -0.2) is 0 Å². The number of ether oxygens (including phenoxy) is 1. The summed E-state index contributed by atoms with van der Waals surface area (Å²) in [6, 6.07) is 10.7. The van der Waals surface area contributed by atoms with Gasteiger partial charge in [0.15, 0.2) is 5.78 Å². The summed E-state index contributed by atoms with van der Waals surface area (Å²) < 4.78 is 5.33. The zero-order chi connectivity index (χ0) is 18.6. The van der Waals surface area contributed by atoms with Crippen LogP contribution in [0.3, 0.4) is 0 Å². The number of methoxy groups -OCH3 is 1. The van der Waals surface area contributed by atoms with E-state index < -0.39 is 0 Å². The molecule has 0 heterocycles. The molecule has 4 nitrogen and oxygen atoms in total. The maximum absolute atomic E-state index is 12.4. The Morgan fingerprint density at radius 1 is 1.16 bits per heavy atom. The molecule has 132 valence electrons. The van der Waals surface area contributed by atoms with Crippen molar-refractivity contribution in [1.82, 2.24) is 0 Å². The fourth-order valence-corrected chi connectivity index (χ4v) is 2.56. The predicted molar refractivity (Wildman–Crippen MR) is 103 cm³/mol. The first-order valence-electron chi connectivity index (χ1n) is 8.18. The van der Waals surface area contributed by atoms with Gasteiger partial charge < -0.3 is 15.2 Å². The number of hydrogen-bond donors (Lipinski definition) is 2. The molecule has 0 radical (unpaired) electrons. The summed E-state index contributed by atoms with van der Waals surface area (Å²) >= 11 is 0.